The van der Waals surface area contributed by atoms with Gasteiger partial charge < -0.3 is 9.84 Å². The van der Waals surface area contributed by atoms with Gasteiger partial charge in [0.05, 0.1) is 12.2 Å². The second-order valence-electron chi connectivity index (χ2n) is 8.12. The summed E-state index contributed by atoms with van der Waals surface area (Å²) in [5, 5.41) is 10.6. The molecule has 3 aliphatic carbocycles. The number of hydrogen-bond acceptors (Lipinski definition) is 2. The minimum absolute atomic E-state index is 0.143. The number of aliphatic hydroxyl groups is 1. The largest absolute Gasteiger partial charge is 0.393 e. The first-order valence-corrected chi connectivity index (χ1v) is 8.11. The average molecular weight is 266 g/mol. The number of aliphatic hydroxyl groups excluding tert-OH is 1. The Morgan fingerprint density at radius 3 is 2.26 bits per heavy atom. The molecule has 0 spiro atoms. The van der Waals surface area contributed by atoms with Crippen LogP contribution in [-0.2, 0) is 4.74 Å². The van der Waals surface area contributed by atoms with Crippen LogP contribution in [0.1, 0.15) is 59.3 Å². The Morgan fingerprint density at radius 1 is 1.05 bits per heavy atom. The molecule has 3 rings (SSSR count). The van der Waals surface area contributed by atoms with E-state index in [-0.39, 0.29) is 12.2 Å². The van der Waals surface area contributed by atoms with Crippen molar-refractivity contribution in [3.05, 3.63) is 0 Å². The molecule has 3 unspecified atom stereocenters. The zero-order valence-electron chi connectivity index (χ0n) is 13.0. The summed E-state index contributed by atoms with van der Waals surface area (Å²) in [7, 11) is 1.78. The summed E-state index contributed by atoms with van der Waals surface area (Å²) >= 11 is 0. The van der Waals surface area contributed by atoms with Crippen molar-refractivity contribution >= 4 is 0 Å². The van der Waals surface area contributed by atoms with Crippen molar-refractivity contribution in [2.75, 3.05) is 7.11 Å². The van der Waals surface area contributed by atoms with Crippen LogP contribution in [0, 0.1) is 28.6 Å². The highest BCUT2D eigenvalue weighted by molar-refractivity contribution is 5.12. The number of fused-ring (bicyclic) bond motifs is 2. The topological polar surface area (TPSA) is 29.5 Å². The van der Waals surface area contributed by atoms with Gasteiger partial charge in [-0.2, -0.15) is 0 Å². The third-order valence-corrected chi connectivity index (χ3v) is 7.53. The van der Waals surface area contributed by atoms with Gasteiger partial charge in [-0.05, 0) is 67.1 Å². The summed E-state index contributed by atoms with van der Waals surface area (Å²) in [6, 6.07) is 0. The molecule has 0 saturated heterocycles. The summed E-state index contributed by atoms with van der Waals surface area (Å²) in [6.07, 6.45) is 7.40. The van der Waals surface area contributed by atoms with Gasteiger partial charge >= 0.3 is 0 Å². The van der Waals surface area contributed by atoms with Crippen LogP contribution in [0.25, 0.3) is 0 Å². The molecule has 3 saturated carbocycles. The molecule has 6 atom stereocenters. The molecule has 1 N–H and O–H groups in total. The van der Waals surface area contributed by atoms with E-state index in [1.165, 1.54) is 19.3 Å². The smallest absolute Gasteiger partial charge is 0.0596 e. The van der Waals surface area contributed by atoms with Crippen LogP contribution >= 0.6 is 0 Å². The summed E-state index contributed by atoms with van der Waals surface area (Å²) in [6.45, 7) is 7.44. The van der Waals surface area contributed by atoms with E-state index in [1.807, 2.05) is 0 Å². The lowest BCUT2D eigenvalue weighted by atomic mass is 9.60. The fourth-order valence-corrected chi connectivity index (χ4v) is 5.73. The van der Waals surface area contributed by atoms with Crippen LogP contribution < -0.4 is 0 Å². The van der Waals surface area contributed by atoms with E-state index in [9.17, 15) is 5.11 Å². The van der Waals surface area contributed by atoms with Crippen molar-refractivity contribution in [1.82, 2.24) is 0 Å². The molecule has 0 aromatic rings. The molecule has 0 radical (unpaired) electrons. The second kappa shape index (κ2) is 4.46. The van der Waals surface area contributed by atoms with E-state index < -0.39 is 0 Å². The van der Waals surface area contributed by atoms with Gasteiger partial charge in [-0.3, -0.25) is 0 Å². The van der Waals surface area contributed by atoms with Crippen LogP contribution in [-0.4, -0.2) is 24.4 Å². The molecule has 3 aliphatic rings. The fourth-order valence-electron chi connectivity index (χ4n) is 5.73. The first kappa shape index (κ1) is 13.9. The number of ether oxygens (including phenoxy) is 1. The number of hydrogen-bond donors (Lipinski definition) is 1. The quantitative estimate of drug-likeness (QED) is 0.827. The monoisotopic (exact) mass is 266 g/mol. The van der Waals surface area contributed by atoms with Gasteiger partial charge in [0.2, 0.25) is 0 Å². The normalized spacial score (nSPS) is 52.6. The molecule has 2 heteroatoms. The fraction of sp³-hybridized carbons (Fsp3) is 1.00. The molecule has 19 heavy (non-hydrogen) atoms. The van der Waals surface area contributed by atoms with E-state index in [1.54, 1.807) is 7.11 Å². The maximum atomic E-state index is 10.6. The van der Waals surface area contributed by atoms with E-state index >= 15 is 0 Å². The molecular weight excluding hydrogens is 236 g/mol. The average Bonchev–Trinajstić information content (AvgIpc) is 2.71. The minimum Gasteiger partial charge on any atom is -0.393 e. The predicted octanol–water partition coefficient (Wildman–Crippen LogP) is 3.62. The molecule has 0 aliphatic heterocycles. The van der Waals surface area contributed by atoms with Gasteiger partial charge in [0.15, 0.2) is 0 Å². The first-order chi connectivity index (χ1) is 8.90. The third kappa shape index (κ3) is 1.82. The maximum Gasteiger partial charge on any atom is 0.0596 e. The van der Waals surface area contributed by atoms with Gasteiger partial charge in [0, 0.05) is 7.11 Å². The van der Waals surface area contributed by atoms with Crippen molar-refractivity contribution in [2.24, 2.45) is 28.6 Å². The van der Waals surface area contributed by atoms with Crippen LogP contribution in [0.5, 0.6) is 0 Å². The summed E-state index contributed by atoms with van der Waals surface area (Å²) < 4.78 is 5.44. The van der Waals surface area contributed by atoms with Crippen molar-refractivity contribution in [2.45, 2.75) is 71.5 Å². The van der Waals surface area contributed by atoms with E-state index in [0.29, 0.717) is 16.7 Å². The highest BCUT2D eigenvalue weighted by Gasteiger charge is 2.63. The Labute approximate surface area is 117 Å². The number of rotatable bonds is 2. The van der Waals surface area contributed by atoms with Gasteiger partial charge in [0.1, 0.15) is 0 Å². The SMILES string of the molecule is COC1CCC([C@H]2C[C@@H]3CC[C@@]2(C)C3(C)C)C(O)C1. The summed E-state index contributed by atoms with van der Waals surface area (Å²) in [5.41, 5.74) is 0.915. The maximum absolute atomic E-state index is 10.6. The minimum atomic E-state index is -0.143. The molecular formula is C17H30O2. The van der Waals surface area contributed by atoms with Gasteiger partial charge in [-0.25, -0.2) is 0 Å². The Morgan fingerprint density at radius 2 is 1.79 bits per heavy atom. The van der Waals surface area contributed by atoms with E-state index in [0.717, 1.165) is 31.1 Å². The van der Waals surface area contributed by atoms with Crippen molar-refractivity contribution in [3.63, 3.8) is 0 Å². The Balaban J connectivity index is 1.78. The number of methoxy groups -OCH3 is 1. The van der Waals surface area contributed by atoms with Crippen molar-refractivity contribution in [3.8, 4) is 0 Å². The standard InChI is InChI=1S/C17H30O2/c1-16(2)11-7-8-17(16,3)14(9-11)13-6-5-12(19-4)10-15(13)18/h11-15,18H,5-10H2,1-4H3/t11-,12?,13?,14+,15?,17+/m0/s1. The molecule has 2 bridgehead atoms. The Bertz CT molecular complexity index is 351. The molecule has 2 nitrogen and oxygen atoms in total. The Kier molecular flexibility index (Phi) is 3.26. The zero-order valence-corrected chi connectivity index (χ0v) is 13.0. The molecule has 110 valence electrons. The highest BCUT2D eigenvalue weighted by Crippen LogP contribution is 2.70. The lowest BCUT2D eigenvalue weighted by Gasteiger charge is -2.46. The molecule has 0 aromatic carbocycles. The molecule has 3 fully saturated rings. The lowest BCUT2D eigenvalue weighted by Crippen LogP contribution is -2.43. The first-order valence-electron chi connectivity index (χ1n) is 8.11. The zero-order chi connectivity index (χ0) is 13.8. The molecule has 0 amide bonds. The van der Waals surface area contributed by atoms with Gasteiger partial charge in [0.25, 0.3) is 0 Å². The highest BCUT2D eigenvalue weighted by atomic mass is 16.5. The van der Waals surface area contributed by atoms with Crippen molar-refractivity contribution in [1.29, 1.82) is 0 Å². The van der Waals surface area contributed by atoms with Crippen LogP contribution in [0.2, 0.25) is 0 Å². The Hall–Kier alpha value is -0.0800. The van der Waals surface area contributed by atoms with Gasteiger partial charge in [-0.1, -0.05) is 20.8 Å². The van der Waals surface area contributed by atoms with E-state index in [2.05, 4.69) is 20.8 Å². The second-order valence-corrected chi connectivity index (χ2v) is 8.12. The molecule has 0 heterocycles. The summed E-state index contributed by atoms with van der Waals surface area (Å²) in [5.74, 6) is 2.13. The molecule has 0 aromatic heterocycles. The van der Waals surface area contributed by atoms with Crippen LogP contribution in [0.4, 0.5) is 0 Å². The summed E-state index contributed by atoms with van der Waals surface area (Å²) in [4.78, 5) is 0. The third-order valence-electron chi connectivity index (χ3n) is 7.53. The van der Waals surface area contributed by atoms with Crippen molar-refractivity contribution < 1.29 is 9.84 Å². The lowest BCUT2D eigenvalue weighted by molar-refractivity contribution is -0.0639. The van der Waals surface area contributed by atoms with Gasteiger partial charge in [-0.15, -0.1) is 0 Å². The predicted molar refractivity (Wildman–Crippen MR) is 76.9 cm³/mol. The van der Waals surface area contributed by atoms with Crippen LogP contribution in [0.3, 0.4) is 0 Å². The van der Waals surface area contributed by atoms with Crippen LogP contribution in [0.15, 0.2) is 0 Å². The van der Waals surface area contributed by atoms with E-state index in [4.69, 9.17) is 4.74 Å².